The molecule has 0 bridgehead atoms. The van der Waals surface area contributed by atoms with E-state index in [0.717, 1.165) is 12.0 Å². The third-order valence-corrected chi connectivity index (χ3v) is 5.09. The summed E-state index contributed by atoms with van der Waals surface area (Å²) in [4.78, 5) is 38.6. The second-order valence-electron chi connectivity index (χ2n) is 7.05. The third kappa shape index (κ3) is 5.81. The standard InChI is InChI=1S/C22H23ClN2O4/c1-15(21(27)24-19-9-7-18(23)8-10-19)29-22(28)17-13-20(26)25(14-17)12-11-16-5-3-2-4-6-16/h2-10,15,17H,11-14H2,1H3,(H,24,27)/t15-,17+/m0/s1. The van der Waals surface area contributed by atoms with Gasteiger partial charge in [-0.05, 0) is 43.2 Å². The number of nitrogens with one attached hydrogen (secondary N) is 1. The molecule has 1 N–H and O–H groups in total. The summed E-state index contributed by atoms with van der Waals surface area (Å²) >= 11 is 5.82. The van der Waals surface area contributed by atoms with Crippen molar-refractivity contribution in [3.8, 4) is 0 Å². The van der Waals surface area contributed by atoms with Crippen LogP contribution in [0, 0.1) is 5.92 Å². The van der Waals surface area contributed by atoms with Crippen molar-refractivity contribution in [2.45, 2.75) is 25.9 Å². The molecule has 2 amide bonds. The van der Waals surface area contributed by atoms with E-state index in [1.165, 1.54) is 6.92 Å². The van der Waals surface area contributed by atoms with E-state index in [1.807, 2.05) is 30.3 Å². The summed E-state index contributed by atoms with van der Waals surface area (Å²) in [6.45, 7) is 2.38. The molecule has 0 aromatic heterocycles. The molecule has 29 heavy (non-hydrogen) atoms. The predicted octanol–water partition coefficient (Wildman–Crippen LogP) is 3.30. The highest BCUT2D eigenvalue weighted by molar-refractivity contribution is 6.30. The molecule has 1 aliphatic rings. The van der Waals surface area contributed by atoms with Crippen molar-refractivity contribution in [3.63, 3.8) is 0 Å². The first kappa shape index (κ1) is 20.9. The second-order valence-corrected chi connectivity index (χ2v) is 7.49. The van der Waals surface area contributed by atoms with Gasteiger partial charge in [0.1, 0.15) is 0 Å². The largest absolute Gasteiger partial charge is 0.452 e. The highest BCUT2D eigenvalue weighted by Gasteiger charge is 2.36. The molecule has 1 heterocycles. The fourth-order valence-corrected chi connectivity index (χ4v) is 3.28. The predicted molar refractivity (Wildman–Crippen MR) is 110 cm³/mol. The minimum absolute atomic E-state index is 0.0684. The van der Waals surface area contributed by atoms with Crippen LogP contribution in [-0.4, -0.2) is 41.9 Å². The first-order valence-corrected chi connectivity index (χ1v) is 9.89. The lowest BCUT2D eigenvalue weighted by atomic mass is 10.1. The van der Waals surface area contributed by atoms with E-state index in [4.69, 9.17) is 16.3 Å². The summed E-state index contributed by atoms with van der Waals surface area (Å²) in [6.07, 6.45) is -0.125. The van der Waals surface area contributed by atoms with Crippen molar-refractivity contribution in [1.29, 1.82) is 0 Å². The van der Waals surface area contributed by atoms with Gasteiger partial charge < -0.3 is 15.0 Å². The molecule has 3 rings (SSSR count). The number of carbonyl (C=O) groups excluding carboxylic acids is 3. The minimum atomic E-state index is -0.966. The van der Waals surface area contributed by atoms with E-state index in [1.54, 1.807) is 29.2 Å². The molecule has 1 saturated heterocycles. The molecule has 1 fully saturated rings. The van der Waals surface area contributed by atoms with Crippen molar-refractivity contribution in [2.75, 3.05) is 18.4 Å². The van der Waals surface area contributed by atoms with Crippen LogP contribution in [0.3, 0.4) is 0 Å². The van der Waals surface area contributed by atoms with E-state index in [9.17, 15) is 14.4 Å². The summed E-state index contributed by atoms with van der Waals surface area (Å²) < 4.78 is 5.30. The molecule has 6 nitrogen and oxygen atoms in total. The molecule has 0 aliphatic carbocycles. The monoisotopic (exact) mass is 414 g/mol. The van der Waals surface area contributed by atoms with Crippen LogP contribution < -0.4 is 5.32 Å². The van der Waals surface area contributed by atoms with Crippen LogP contribution in [0.25, 0.3) is 0 Å². The lowest BCUT2D eigenvalue weighted by Gasteiger charge is -2.18. The van der Waals surface area contributed by atoms with Crippen molar-refractivity contribution in [2.24, 2.45) is 5.92 Å². The van der Waals surface area contributed by atoms with Crippen molar-refractivity contribution in [1.82, 2.24) is 4.90 Å². The number of rotatable bonds is 7. The maximum atomic E-state index is 12.4. The van der Waals surface area contributed by atoms with Gasteiger partial charge in [0.25, 0.3) is 5.91 Å². The Bertz CT molecular complexity index is 870. The molecule has 7 heteroatoms. The number of hydrogen-bond acceptors (Lipinski definition) is 4. The Morgan fingerprint density at radius 3 is 2.55 bits per heavy atom. The zero-order chi connectivity index (χ0) is 20.8. The van der Waals surface area contributed by atoms with Crippen LogP contribution in [0.1, 0.15) is 18.9 Å². The van der Waals surface area contributed by atoms with E-state index in [-0.39, 0.29) is 12.3 Å². The number of halogens is 1. The molecule has 152 valence electrons. The van der Waals surface area contributed by atoms with Crippen LogP contribution in [0.4, 0.5) is 5.69 Å². The number of amides is 2. The zero-order valence-corrected chi connectivity index (χ0v) is 16.9. The Morgan fingerprint density at radius 2 is 1.86 bits per heavy atom. The Labute approximate surface area is 174 Å². The number of benzene rings is 2. The van der Waals surface area contributed by atoms with E-state index in [2.05, 4.69) is 5.32 Å². The summed E-state index contributed by atoms with van der Waals surface area (Å²) in [6, 6.07) is 16.5. The normalized spacial score (nSPS) is 17.1. The molecular weight excluding hydrogens is 392 g/mol. The van der Waals surface area contributed by atoms with Gasteiger partial charge in [-0.15, -0.1) is 0 Å². The Hall–Kier alpha value is -2.86. The molecule has 2 atom stereocenters. The molecule has 0 radical (unpaired) electrons. The van der Waals surface area contributed by atoms with E-state index in [0.29, 0.717) is 23.8 Å². The zero-order valence-electron chi connectivity index (χ0n) is 16.1. The average Bonchev–Trinajstić information content (AvgIpc) is 3.09. The quantitative estimate of drug-likeness (QED) is 0.705. The van der Waals surface area contributed by atoms with Crippen molar-refractivity contribution < 1.29 is 19.1 Å². The van der Waals surface area contributed by atoms with Gasteiger partial charge in [0, 0.05) is 30.2 Å². The third-order valence-electron chi connectivity index (χ3n) is 4.83. The summed E-state index contributed by atoms with van der Waals surface area (Å²) in [5.41, 5.74) is 1.70. The molecule has 0 unspecified atom stereocenters. The number of esters is 1. The van der Waals surface area contributed by atoms with Crippen molar-refractivity contribution in [3.05, 3.63) is 65.2 Å². The SMILES string of the molecule is C[C@H](OC(=O)[C@@H]1CC(=O)N(CCc2ccccc2)C1)C(=O)Nc1ccc(Cl)cc1. The van der Waals surface area contributed by atoms with E-state index < -0.39 is 23.9 Å². The lowest BCUT2D eigenvalue weighted by Crippen LogP contribution is -2.33. The number of anilines is 1. The van der Waals surface area contributed by atoms with Gasteiger partial charge >= 0.3 is 5.97 Å². The molecule has 2 aromatic carbocycles. The number of likely N-dealkylation sites (tertiary alicyclic amines) is 1. The van der Waals surface area contributed by atoms with Crippen LogP contribution in [-0.2, 0) is 25.5 Å². The maximum Gasteiger partial charge on any atom is 0.312 e. The summed E-state index contributed by atoms with van der Waals surface area (Å²) in [7, 11) is 0. The summed E-state index contributed by atoms with van der Waals surface area (Å²) in [5, 5.41) is 3.23. The maximum absolute atomic E-state index is 12.4. The van der Waals surface area contributed by atoms with Gasteiger partial charge in [-0.1, -0.05) is 41.9 Å². The van der Waals surface area contributed by atoms with Gasteiger partial charge in [0.2, 0.25) is 5.91 Å². The van der Waals surface area contributed by atoms with Gasteiger partial charge in [-0.3, -0.25) is 14.4 Å². The molecule has 2 aromatic rings. The van der Waals surface area contributed by atoms with Crippen LogP contribution in [0.5, 0.6) is 0 Å². The number of ether oxygens (including phenoxy) is 1. The molecule has 1 aliphatic heterocycles. The Balaban J connectivity index is 1.47. The summed E-state index contributed by atoms with van der Waals surface area (Å²) in [5.74, 6) is -1.59. The fraction of sp³-hybridized carbons (Fsp3) is 0.318. The number of carbonyl (C=O) groups is 3. The molecule has 0 spiro atoms. The number of hydrogen-bond donors (Lipinski definition) is 1. The van der Waals surface area contributed by atoms with Gasteiger partial charge in [0.15, 0.2) is 6.10 Å². The highest BCUT2D eigenvalue weighted by Crippen LogP contribution is 2.21. The highest BCUT2D eigenvalue weighted by atomic mass is 35.5. The first-order chi connectivity index (χ1) is 13.9. The Kier molecular flexibility index (Phi) is 6.88. The van der Waals surface area contributed by atoms with Crippen LogP contribution >= 0.6 is 11.6 Å². The molecular formula is C22H23ClN2O4. The fourth-order valence-electron chi connectivity index (χ4n) is 3.16. The first-order valence-electron chi connectivity index (χ1n) is 9.51. The lowest BCUT2D eigenvalue weighted by molar-refractivity contribution is -0.157. The van der Waals surface area contributed by atoms with Crippen LogP contribution in [0.2, 0.25) is 5.02 Å². The van der Waals surface area contributed by atoms with Gasteiger partial charge in [-0.2, -0.15) is 0 Å². The van der Waals surface area contributed by atoms with Crippen molar-refractivity contribution >= 4 is 35.1 Å². The second kappa shape index (κ2) is 9.56. The average molecular weight is 415 g/mol. The van der Waals surface area contributed by atoms with E-state index >= 15 is 0 Å². The molecule has 0 saturated carbocycles. The smallest absolute Gasteiger partial charge is 0.312 e. The number of nitrogens with zero attached hydrogens (tertiary/aromatic N) is 1. The topological polar surface area (TPSA) is 75.7 Å². The Morgan fingerprint density at radius 1 is 1.17 bits per heavy atom. The minimum Gasteiger partial charge on any atom is -0.452 e. The van der Waals surface area contributed by atoms with Gasteiger partial charge in [0.05, 0.1) is 5.92 Å². The van der Waals surface area contributed by atoms with Crippen LogP contribution in [0.15, 0.2) is 54.6 Å². The van der Waals surface area contributed by atoms with Gasteiger partial charge in [-0.25, -0.2) is 0 Å².